The van der Waals surface area contributed by atoms with Crippen LogP contribution in [-0.2, 0) is 16.4 Å². The van der Waals surface area contributed by atoms with E-state index in [4.69, 9.17) is 4.74 Å². The molecule has 0 amide bonds. The molecule has 7 nitrogen and oxygen atoms in total. The van der Waals surface area contributed by atoms with Gasteiger partial charge in [0.25, 0.3) is 5.69 Å². The molecule has 0 saturated heterocycles. The zero-order chi connectivity index (χ0) is 18.0. The van der Waals surface area contributed by atoms with Gasteiger partial charge in [0.1, 0.15) is 5.75 Å². The van der Waals surface area contributed by atoms with Gasteiger partial charge in [-0.05, 0) is 31.0 Å². The van der Waals surface area contributed by atoms with Gasteiger partial charge in [-0.1, -0.05) is 24.3 Å². The van der Waals surface area contributed by atoms with Crippen LogP contribution in [0.15, 0.2) is 47.4 Å². The lowest BCUT2D eigenvalue weighted by Crippen LogP contribution is -2.34. The van der Waals surface area contributed by atoms with Crippen molar-refractivity contribution in [2.45, 2.75) is 18.2 Å². The van der Waals surface area contributed by atoms with Gasteiger partial charge in [-0.3, -0.25) is 10.1 Å². The minimum absolute atomic E-state index is 0.00473. The van der Waals surface area contributed by atoms with Gasteiger partial charge in [0.15, 0.2) is 0 Å². The van der Waals surface area contributed by atoms with Gasteiger partial charge < -0.3 is 4.74 Å². The number of fused-ring (bicyclic) bond motifs is 1. The van der Waals surface area contributed by atoms with E-state index in [1.54, 1.807) is 6.92 Å². The van der Waals surface area contributed by atoms with Crippen LogP contribution < -0.4 is 9.46 Å². The highest BCUT2D eigenvalue weighted by atomic mass is 32.2. The maximum Gasteiger partial charge on any atom is 0.273 e. The first-order chi connectivity index (χ1) is 11.9. The third kappa shape index (κ3) is 3.80. The van der Waals surface area contributed by atoms with Crippen molar-refractivity contribution in [3.63, 3.8) is 0 Å². The lowest BCUT2D eigenvalue weighted by molar-refractivity contribution is -0.385. The fraction of sp³-hybridized carbons (Fsp3) is 0.294. The Kier molecular flexibility index (Phi) is 4.73. The summed E-state index contributed by atoms with van der Waals surface area (Å²) >= 11 is 0. The Morgan fingerprint density at radius 3 is 2.80 bits per heavy atom. The molecule has 0 saturated carbocycles. The summed E-state index contributed by atoms with van der Waals surface area (Å²) in [4.78, 5) is 10.3. The van der Waals surface area contributed by atoms with Gasteiger partial charge in [-0.15, -0.1) is 0 Å². The molecule has 0 fully saturated rings. The molecule has 1 heterocycles. The van der Waals surface area contributed by atoms with Gasteiger partial charge >= 0.3 is 0 Å². The lowest BCUT2D eigenvalue weighted by atomic mass is 9.97. The van der Waals surface area contributed by atoms with Crippen LogP contribution in [0.3, 0.4) is 0 Å². The Morgan fingerprint density at radius 2 is 2.04 bits per heavy atom. The van der Waals surface area contributed by atoms with Crippen molar-refractivity contribution < 1.29 is 18.1 Å². The first-order valence-corrected chi connectivity index (χ1v) is 9.30. The second kappa shape index (κ2) is 6.81. The minimum Gasteiger partial charge on any atom is -0.493 e. The lowest BCUT2D eigenvalue weighted by Gasteiger charge is -2.25. The highest BCUT2D eigenvalue weighted by Gasteiger charge is 2.24. The maximum atomic E-state index is 12.4. The number of nitro groups is 1. The average molecular weight is 362 g/mol. The summed E-state index contributed by atoms with van der Waals surface area (Å²) in [7, 11) is -3.82. The number of benzene rings is 2. The van der Waals surface area contributed by atoms with Gasteiger partial charge in [0, 0.05) is 24.1 Å². The predicted molar refractivity (Wildman–Crippen MR) is 92.2 cm³/mol. The molecule has 0 spiro atoms. The van der Waals surface area contributed by atoms with Crippen LogP contribution in [0.4, 0.5) is 5.69 Å². The van der Waals surface area contributed by atoms with Crippen molar-refractivity contribution in [2.24, 2.45) is 5.92 Å². The van der Waals surface area contributed by atoms with E-state index in [0.717, 1.165) is 17.4 Å². The number of nitro benzene ring substituents is 1. The summed E-state index contributed by atoms with van der Waals surface area (Å²) in [5.74, 6) is 0.834. The van der Waals surface area contributed by atoms with E-state index in [2.05, 4.69) is 4.72 Å². The molecule has 1 unspecified atom stereocenters. The maximum absolute atomic E-state index is 12.4. The first-order valence-electron chi connectivity index (χ1n) is 7.82. The normalized spacial score (nSPS) is 16.8. The Balaban J connectivity index is 1.71. The summed E-state index contributed by atoms with van der Waals surface area (Å²) < 4.78 is 33.0. The number of ether oxygens (including phenoxy) is 1. The Morgan fingerprint density at radius 1 is 1.28 bits per heavy atom. The number of hydrogen-bond acceptors (Lipinski definition) is 5. The van der Waals surface area contributed by atoms with Crippen LogP contribution in [-0.4, -0.2) is 26.5 Å². The van der Waals surface area contributed by atoms with Crippen molar-refractivity contribution >= 4 is 15.7 Å². The Hall–Kier alpha value is -2.45. The van der Waals surface area contributed by atoms with Crippen molar-refractivity contribution in [1.29, 1.82) is 0 Å². The second-order valence-corrected chi connectivity index (χ2v) is 7.81. The van der Waals surface area contributed by atoms with Gasteiger partial charge in [-0.25, -0.2) is 13.1 Å². The summed E-state index contributed by atoms with van der Waals surface area (Å²) in [6, 6.07) is 11.6. The van der Waals surface area contributed by atoms with Crippen molar-refractivity contribution in [1.82, 2.24) is 4.72 Å². The molecule has 1 aliphatic heterocycles. The molecule has 3 rings (SSSR count). The number of sulfonamides is 1. The number of aryl methyl sites for hydroxylation is 1. The van der Waals surface area contributed by atoms with E-state index in [-0.39, 0.29) is 23.0 Å². The molecule has 0 bridgehead atoms. The molecule has 2 aromatic carbocycles. The number of hydrogen-bond donors (Lipinski definition) is 1. The van der Waals surface area contributed by atoms with Gasteiger partial charge in [0.2, 0.25) is 10.0 Å². The SMILES string of the molecule is Cc1ccc(S(=O)(=O)NCC2COc3ccccc3C2)cc1[N+](=O)[O-]. The number of nitrogens with zero attached hydrogens (tertiary/aromatic N) is 1. The largest absolute Gasteiger partial charge is 0.493 e. The topological polar surface area (TPSA) is 98.5 Å². The van der Waals surface area contributed by atoms with E-state index in [0.29, 0.717) is 18.6 Å². The Labute approximate surface area is 145 Å². The quantitative estimate of drug-likeness (QED) is 0.651. The minimum atomic E-state index is -3.82. The van der Waals surface area contributed by atoms with Crippen LogP contribution >= 0.6 is 0 Å². The van der Waals surface area contributed by atoms with Crippen molar-refractivity contribution in [3.05, 3.63) is 63.7 Å². The van der Waals surface area contributed by atoms with Crippen LogP contribution in [0.25, 0.3) is 0 Å². The van der Waals surface area contributed by atoms with Gasteiger partial charge in [0.05, 0.1) is 16.4 Å². The fourth-order valence-electron chi connectivity index (χ4n) is 2.79. The molecule has 25 heavy (non-hydrogen) atoms. The zero-order valence-electron chi connectivity index (χ0n) is 13.6. The summed E-state index contributed by atoms with van der Waals surface area (Å²) in [6.07, 6.45) is 0.715. The molecule has 2 aromatic rings. The number of rotatable bonds is 5. The monoisotopic (exact) mass is 362 g/mol. The summed E-state index contributed by atoms with van der Waals surface area (Å²) in [6.45, 7) is 2.20. The van der Waals surface area contributed by atoms with E-state index in [1.807, 2.05) is 24.3 Å². The average Bonchev–Trinajstić information content (AvgIpc) is 2.60. The predicted octanol–water partition coefficient (Wildman–Crippen LogP) is 2.43. The number of para-hydroxylation sites is 1. The summed E-state index contributed by atoms with van der Waals surface area (Å²) in [5.41, 5.74) is 1.25. The molecule has 1 N–H and O–H groups in total. The highest BCUT2D eigenvalue weighted by molar-refractivity contribution is 7.89. The fourth-order valence-corrected chi connectivity index (χ4v) is 3.92. The summed E-state index contributed by atoms with van der Waals surface area (Å²) in [5, 5.41) is 11.0. The van der Waals surface area contributed by atoms with E-state index >= 15 is 0 Å². The Bertz CT molecular complexity index is 911. The van der Waals surface area contributed by atoms with E-state index < -0.39 is 14.9 Å². The van der Waals surface area contributed by atoms with Crippen LogP contribution in [0.5, 0.6) is 5.75 Å². The highest BCUT2D eigenvalue weighted by Crippen LogP contribution is 2.27. The zero-order valence-corrected chi connectivity index (χ0v) is 14.5. The van der Waals surface area contributed by atoms with Crippen molar-refractivity contribution in [3.8, 4) is 5.75 Å². The van der Waals surface area contributed by atoms with Crippen LogP contribution in [0, 0.1) is 23.0 Å². The standard InChI is InChI=1S/C17H18N2O5S/c1-12-6-7-15(9-16(12)19(20)21)25(22,23)18-10-13-8-14-4-2-3-5-17(14)24-11-13/h2-7,9,13,18H,8,10-11H2,1H3. The molecule has 0 aliphatic carbocycles. The van der Waals surface area contributed by atoms with Gasteiger partial charge in [-0.2, -0.15) is 0 Å². The third-order valence-electron chi connectivity index (χ3n) is 4.21. The number of nitrogens with one attached hydrogen (secondary N) is 1. The van der Waals surface area contributed by atoms with Crippen LogP contribution in [0.1, 0.15) is 11.1 Å². The second-order valence-electron chi connectivity index (χ2n) is 6.05. The molecule has 0 aromatic heterocycles. The molecule has 1 aliphatic rings. The molecular formula is C17H18N2O5S. The molecular weight excluding hydrogens is 344 g/mol. The first kappa shape index (κ1) is 17.4. The van der Waals surface area contributed by atoms with Crippen molar-refractivity contribution in [2.75, 3.05) is 13.2 Å². The van der Waals surface area contributed by atoms with E-state index in [9.17, 15) is 18.5 Å². The molecule has 1 atom stereocenters. The third-order valence-corrected chi connectivity index (χ3v) is 5.63. The smallest absolute Gasteiger partial charge is 0.273 e. The van der Waals surface area contributed by atoms with E-state index in [1.165, 1.54) is 12.1 Å². The molecule has 8 heteroatoms. The molecule has 0 radical (unpaired) electrons. The molecule has 132 valence electrons. The van der Waals surface area contributed by atoms with Crippen LogP contribution in [0.2, 0.25) is 0 Å².